The number of nitriles is 1. The van der Waals surface area contributed by atoms with Gasteiger partial charge >= 0.3 is 0 Å². The minimum absolute atomic E-state index is 0.0930. The van der Waals surface area contributed by atoms with Crippen LogP contribution in [-0.2, 0) is 16.4 Å². The Morgan fingerprint density at radius 3 is 2.21 bits per heavy atom. The van der Waals surface area contributed by atoms with Crippen molar-refractivity contribution in [3.05, 3.63) is 29.8 Å². The van der Waals surface area contributed by atoms with Gasteiger partial charge in [-0.3, -0.25) is 0 Å². The van der Waals surface area contributed by atoms with Gasteiger partial charge in [-0.25, -0.2) is 8.42 Å². The standard InChI is InChI=1S/C12H14N2O4S/c13-6-5-9-1-3-10(4-2-9)19(17,18)14-7-11(15)12(16)8-14/h1-4,11-12,15-16H,5,7-8H2/t11-,12+. The van der Waals surface area contributed by atoms with E-state index in [9.17, 15) is 18.6 Å². The largest absolute Gasteiger partial charge is 0.389 e. The molecule has 1 fully saturated rings. The summed E-state index contributed by atoms with van der Waals surface area (Å²) in [7, 11) is -3.71. The lowest BCUT2D eigenvalue weighted by molar-refractivity contribution is 0.0572. The monoisotopic (exact) mass is 282 g/mol. The fraction of sp³-hybridized carbons (Fsp3) is 0.417. The second-order valence-electron chi connectivity index (χ2n) is 4.44. The maximum Gasteiger partial charge on any atom is 0.243 e. The normalized spacial score (nSPS) is 24.3. The molecule has 6 nitrogen and oxygen atoms in total. The summed E-state index contributed by atoms with van der Waals surface area (Å²) in [6.45, 7) is -0.215. The molecule has 1 aliphatic heterocycles. The Kier molecular flexibility index (Phi) is 3.87. The summed E-state index contributed by atoms with van der Waals surface area (Å²) >= 11 is 0. The maximum atomic E-state index is 12.2. The summed E-state index contributed by atoms with van der Waals surface area (Å²) in [6.07, 6.45) is -1.87. The third kappa shape index (κ3) is 2.77. The van der Waals surface area contributed by atoms with E-state index < -0.39 is 22.2 Å². The highest BCUT2D eigenvalue weighted by atomic mass is 32.2. The number of nitrogens with zero attached hydrogens (tertiary/aromatic N) is 2. The van der Waals surface area contributed by atoms with Crippen LogP contribution in [0.15, 0.2) is 29.2 Å². The molecule has 1 heterocycles. The van der Waals surface area contributed by atoms with Crippen LogP contribution in [0.1, 0.15) is 5.56 Å². The summed E-state index contributed by atoms with van der Waals surface area (Å²) in [5.41, 5.74) is 0.739. The van der Waals surface area contributed by atoms with E-state index in [0.717, 1.165) is 9.87 Å². The van der Waals surface area contributed by atoms with Gasteiger partial charge in [-0.1, -0.05) is 12.1 Å². The number of β-amino-alcohol motifs (C(OH)–C–C–N with tert-alkyl or cyclic N) is 2. The molecule has 1 aromatic rings. The third-order valence-electron chi connectivity index (χ3n) is 3.07. The minimum Gasteiger partial charge on any atom is -0.389 e. The number of aliphatic hydroxyl groups excluding tert-OH is 2. The van der Waals surface area contributed by atoms with Gasteiger partial charge in [0.05, 0.1) is 29.6 Å². The summed E-state index contributed by atoms with van der Waals surface area (Å²) in [6, 6.07) is 8.01. The topological polar surface area (TPSA) is 102 Å². The van der Waals surface area contributed by atoms with Crippen LogP contribution in [0, 0.1) is 11.3 Å². The Morgan fingerprint density at radius 2 is 1.74 bits per heavy atom. The Hall–Kier alpha value is -1.46. The summed E-state index contributed by atoms with van der Waals surface area (Å²) in [4.78, 5) is 0.0930. The summed E-state index contributed by atoms with van der Waals surface area (Å²) in [5, 5.41) is 27.3. The second-order valence-corrected chi connectivity index (χ2v) is 6.37. The van der Waals surface area contributed by atoms with Gasteiger partial charge in [0.15, 0.2) is 0 Å². The van der Waals surface area contributed by atoms with Gasteiger partial charge in [0.2, 0.25) is 10.0 Å². The highest BCUT2D eigenvalue weighted by Gasteiger charge is 2.37. The van der Waals surface area contributed by atoms with Crippen molar-refractivity contribution in [2.45, 2.75) is 23.5 Å². The van der Waals surface area contributed by atoms with E-state index in [-0.39, 0.29) is 24.4 Å². The average Bonchev–Trinajstić information content (AvgIpc) is 2.71. The fourth-order valence-corrected chi connectivity index (χ4v) is 3.43. The van der Waals surface area contributed by atoms with Gasteiger partial charge < -0.3 is 10.2 Å². The molecule has 0 aliphatic carbocycles. The van der Waals surface area contributed by atoms with Crippen molar-refractivity contribution in [2.75, 3.05) is 13.1 Å². The maximum absolute atomic E-state index is 12.2. The quantitative estimate of drug-likeness (QED) is 0.776. The number of rotatable bonds is 3. The van der Waals surface area contributed by atoms with Crippen LogP contribution in [0.5, 0.6) is 0 Å². The number of aliphatic hydroxyl groups is 2. The number of hydrogen-bond acceptors (Lipinski definition) is 5. The lowest BCUT2D eigenvalue weighted by atomic mass is 10.2. The zero-order valence-corrected chi connectivity index (χ0v) is 10.9. The summed E-state index contributed by atoms with van der Waals surface area (Å²) in [5.74, 6) is 0. The van der Waals surface area contributed by atoms with Gasteiger partial charge in [-0.2, -0.15) is 9.57 Å². The molecule has 0 amide bonds. The molecule has 1 aromatic carbocycles. The van der Waals surface area contributed by atoms with Crippen molar-refractivity contribution in [2.24, 2.45) is 0 Å². The first-order valence-corrected chi connectivity index (χ1v) is 7.21. The lowest BCUT2D eigenvalue weighted by Crippen LogP contribution is -2.29. The van der Waals surface area contributed by atoms with Gasteiger partial charge in [0.25, 0.3) is 0 Å². The molecule has 0 radical (unpaired) electrons. The third-order valence-corrected chi connectivity index (χ3v) is 4.92. The van der Waals surface area contributed by atoms with Crippen molar-refractivity contribution in [3.8, 4) is 6.07 Å². The molecule has 7 heteroatoms. The lowest BCUT2D eigenvalue weighted by Gasteiger charge is -2.15. The average molecular weight is 282 g/mol. The second kappa shape index (κ2) is 5.27. The van der Waals surface area contributed by atoms with Crippen molar-refractivity contribution < 1.29 is 18.6 Å². The van der Waals surface area contributed by atoms with Crippen LogP contribution < -0.4 is 0 Å². The SMILES string of the molecule is N#CCc1ccc(S(=O)(=O)N2C[C@@H](O)[C@@H](O)C2)cc1. The highest BCUT2D eigenvalue weighted by molar-refractivity contribution is 7.89. The molecule has 102 valence electrons. The number of hydrogen-bond donors (Lipinski definition) is 2. The highest BCUT2D eigenvalue weighted by Crippen LogP contribution is 2.21. The molecule has 2 rings (SSSR count). The molecule has 0 aromatic heterocycles. The molecule has 2 N–H and O–H groups in total. The predicted octanol–water partition coefficient (Wildman–Crippen LogP) is -0.521. The molecule has 0 saturated carbocycles. The molecule has 0 bridgehead atoms. The van der Waals surface area contributed by atoms with E-state index >= 15 is 0 Å². The first-order valence-electron chi connectivity index (χ1n) is 5.77. The number of sulfonamides is 1. The molecule has 2 atom stereocenters. The smallest absolute Gasteiger partial charge is 0.243 e. The first-order chi connectivity index (χ1) is 8.95. The Bertz CT molecular complexity index is 581. The van der Waals surface area contributed by atoms with Gasteiger partial charge in [0, 0.05) is 13.1 Å². The van der Waals surface area contributed by atoms with Crippen LogP contribution in [0.4, 0.5) is 0 Å². The molecule has 1 aliphatic rings. The number of benzene rings is 1. The molecular weight excluding hydrogens is 268 g/mol. The molecule has 0 unspecified atom stereocenters. The van der Waals surface area contributed by atoms with E-state index in [1.54, 1.807) is 12.1 Å². The zero-order valence-electron chi connectivity index (χ0n) is 10.1. The van der Waals surface area contributed by atoms with E-state index in [2.05, 4.69) is 0 Å². The fourth-order valence-electron chi connectivity index (χ4n) is 1.95. The van der Waals surface area contributed by atoms with Gasteiger partial charge in [0.1, 0.15) is 0 Å². The van der Waals surface area contributed by atoms with Crippen LogP contribution in [0.2, 0.25) is 0 Å². The van der Waals surface area contributed by atoms with Crippen LogP contribution in [-0.4, -0.2) is 48.2 Å². The van der Waals surface area contributed by atoms with Crippen LogP contribution >= 0.6 is 0 Å². The Labute approximate surface area is 111 Å². The van der Waals surface area contributed by atoms with Gasteiger partial charge in [-0.15, -0.1) is 0 Å². The Balaban J connectivity index is 2.23. The van der Waals surface area contributed by atoms with E-state index in [0.29, 0.717) is 0 Å². The van der Waals surface area contributed by atoms with Crippen molar-refractivity contribution in [1.29, 1.82) is 5.26 Å². The molecule has 19 heavy (non-hydrogen) atoms. The Morgan fingerprint density at radius 1 is 1.21 bits per heavy atom. The van der Waals surface area contributed by atoms with E-state index in [1.165, 1.54) is 12.1 Å². The van der Waals surface area contributed by atoms with E-state index in [1.807, 2.05) is 6.07 Å². The molecule has 0 spiro atoms. The summed E-state index contributed by atoms with van der Waals surface area (Å²) < 4.78 is 25.5. The minimum atomic E-state index is -3.71. The van der Waals surface area contributed by atoms with Crippen molar-refractivity contribution in [1.82, 2.24) is 4.31 Å². The first kappa shape index (κ1) is 14.0. The van der Waals surface area contributed by atoms with Crippen molar-refractivity contribution in [3.63, 3.8) is 0 Å². The van der Waals surface area contributed by atoms with Crippen LogP contribution in [0.25, 0.3) is 0 Å². The molecular formula is C12H14N2O4S. The van der Waals surface area contributed by atoms with E-state index in [4.69, 9.17) is 5.26 Å². The van der Waals surface area contributed by atoms with Gasteiger partial charge in [-0.05, 0) is 17.7 Å². The molecule has 1 saturated heterocycles. The van der Waals surface area contributed by atoms with Crippen LogP contribution in [0.3, 0.4) is 0 Å². The zero-order chi connectivity index (χ0) is 14.0. The predicted molar refractivity (Wildman–Crippen MR) is 66.5 cm³/mol. The van der Waals surface area contributed by atoms with Crippen molar-refractivity contribution >= 4 is 10.0 Å².